The molecular weight excluding hydrogens is 208 g/mol. The van der Waals surface area contributed by atoms with Crippen molar-refractivity contribution in [1.82, 2.24) is 10.2 Å². The molecule has 2 rings (SSSR count). The van der Waals surface area contributed by atoms with Gasteiger partial charge >= 0.3 is 0 Å². The third-order valence-corrected chi connectivity index (χ3v) is 4.82. The first-order valence-corrected chi connectivity index (χ1v) is 7.60. The minimum absolute atomic E-state index is 0.755. The Morgan fingerprint density at radius 1 is 1.06 bits per heavy atom. The van der Waals surface area contributed by atoms with Crippen molar-refractivity contribution < 1.29 is 0 Å². The summed E-state index contributed by atoms with van der Waals surface area (Å²) in [5.74, 6) is 2.82. The lowest BCUT2D eigenvalue weighted by atomic mass is 9.89. The van der Waals surface area contributed by atoms with E-state index in [1.54, 1.807) is 0 Å². The van der Waals surface area contributed by atoms with Crippen molar-refractivity contribution in [2.45, 2.75) is 52.0 Å². The number of likely N-dealkylation sites (N-methyl/N-ethyl adjacent to an activating group) is 1. The molecule has 1 aliphatic carbocycles. The second-order valence-corrected chi connectivity index (χ2v) is 6.47. The van der Waals surface area contributed by atoms with Gasteiger partial charge in [0.25, 0.3) is 0 Å². The molecule has 100 valence electrons. The fourth-order valence-electron chi connectivity index (χ4n) is 3.28. The van der Waals surface area contributed by atoms with Gasteiger partial charge in [-0.2, -0.15) is 0 Å². The van der Waals surface area contributed by atoms with Gasteiger partial charge in [0, 0.05) is 12.6 Å². The Hall–Kier alpha value is -0.0800. The normalized spacial score (nSPS) is 29.3. The summed E-state index contributed by atoms with van der Waals surface area (Å²) in [5.41, 5.74) is 0. The molecule has 0 amide bonds. The van der Waals surface area contributed by atoms with Gasteiger partial charge in [-0.1, -0.05) is 13.8 Å². The second kappa shape index (κ2) is 6.19. The van der Waals surface area contributed by atoms with E-state index in [0.29, 0.717) is 0 Å². The Morgan fingerprint density at radius 3 is 2.41 bits per heavy atom. The summed E-state index contributed by atoms with van der Waals surface area (Å²) in [6.45, 7) is 8.72. The average molecular weight is 238 g/mol. The SMILES string of the molecule is CNC(CN1CCCC(C(C)C)CC1)C1CC1. The van der Waals surface area contributed by atoms with Crippen molar-refractivity contribution in [2.24, 2.45) is 17.8 Å². The van der Waals surface area contributed by atoms with Gasteiger partial charge in [0.1, 0.15) is 0 Å². The van der Waals surface area contributed by atoms with Gasteiger partial charge in [0.05, 0.1) is 0 Å². The summed E-state index contributed by atoms with van der Waals surface area (Å²) in [6.07, 6.45) is 7.17. The lowest BCUT2D eigenvalue weighted by molar-refractivity contribution is 0.236. The van der Waals surface area contributed by atoms with Crippen LogP contribution in [0.1, 0.15) is 46.0 Å². The highest BCUT2D eigenvalue weighted by molar-refractivity contribution is 4.88. The molecule has 1 saturated heterocycles. The van der Waals surface area contributed by atoms with E-state index in [9.17, 15) is 0 Å². The van der Waals surface area contributed by atoms with Crippen molar-refractivity contribution in [3.8, 4) is 0 Å². The molecule has 17 heavy (non-hydrogen) atoms. The maximum Gasteiger partial charge on any atom is 0.0220 e. The fraction of sp³-hybridized carbons (Fsp3) is 1.00. The van der Waals surface area contributed by atoms with Crippen molar-refractivity contribution in [3.63, 3.8) is 0 Å². The fourth-order valence-corrected chi connectivity index (χ4v) is 3.28. The van der Waals surface area contributed by atoms with Gasteiger partial charge in [-0.15, -0.1) is 0 Å². The van der Waals surface area contributed by atoms with E-state index in [2.05, 4.69) is 31.1 Å². The zero-order valence-electron chi connectivity index (χ0n) is 11.9. The second-order valence-electron chi connectivity index (χ2n) is 6.47. The zero-order chi connectivity index (χ0) is 12.3. The van der Waals surface area contributed by atoms with Gasteiger partial charge in [-0.05, 0) is 70.0 Å². The van der Waals surface area contributed by atoms with Crippen LogP contribution in [0.15, 0.2) is 0 Å². The van der Waals surface area contributed by atoms with Gasteiger partial charge < -0.3 is 10.2 Å². The van der Waals surface area contributed by atoms with E-state index in [-0.39, 0.29) is 0 Å². The topological polar surface area (TPSA) is 15.3 Å². The van der Waals surface area contributed by atoms with Crippen LogP contribution in [-0.2, 0) is 0 Å². The van der Waals surface area contributed by atoms with Crippen LogP contribution >= 0.6 is 0 Å². The molecule has 2 aliphatic rings. The van der Waals surface area contributed by atoms with Crippen molar-refractivity contribution in [3.05, 3.63) is 0 Å². The summed E-state index contributed by atoms with van der Waals surface area (Å²) in [6, 6.07) is 0.755. The number of nitrogens with one attached hydrogen (secondary N) is 1. The Labute approximate surface area is 107 Å². The molecule has 2 atom stereocenters. The molecule has 0 aromatic rings. The van der Waals surface area contributed by atoms with Crippen molar-refractivity contribution in [1.29, 1.82) is 0 Å². The van der Waals surface area contributed by atoms with Crippen LogP contribution in [0.2, 0.25) is 0 Å². The van der Waals surface area contributed by atoms with Gasteiger partial charge in [0.2, 0.25) is 0 Å². The molecule has 0 aromatic carbocycles. The van der Waals surface area contributed by atoms with Gasteiger partial charge in [-0.3, -0.25) is 0 Å². The number of rotatable bonds is 5. The van der Waals surface area contributed by atoms with E-state index < -0.39 is 0 Å². The van der Waals surface area contributed by atoms with E-state index >= 15 is 0 Å². The number of likely N-dealkylation sites (tertiary alicyclic amines) is 1. The quantitative estimate of drug-likeness (QED) is 0.792. The highest BCUT2D eigenvalue weighted by Crippen LogP contribution is 2.33. The lowest BCUT2D eigenvalue weighted by Crippen LogP contribution is -2.41. The maximum absolute atomic E-state index is 3.52. The Kier molecular flexibility index (Phi) is 4.87. The monoisotopic (exact) mass is 238 g/mol. The standard InChI is InChI=1S/C15H30N2/c1-12(2)13-5-4-9-17(10-8-13)11-15(16-3)14-6-7-14/h12-16H,4-11H2,1-3H3. The van der Waals surface area contributed by atoms with Crippen LogP contribution in [-0.4, -0.2) is 37.6 Å². The molecule has 2 unspecified atom stereocenters. The number of nitrogens with zero attached hydrogens (tertiary/aromatic N) is 1. The van der Waals surface area contributed by atoms with Crippen molar-refractivity contribution in [2.75, 3.05) is 26.7 Å². The summed E-state index contributed by atoms with van der Waals surface area (Å²) < 4.78 is 0. The predicted molar refractivity (Wildman–Crippen MR) is 74.2 cm³/mol. The minimum atomic E-state index is 0.755. The van der Waals surface area contributed by atoms with Crippen LogP contribution in [0.5, 0.6) is 0 Å². The molecular formula is C15H30N2. The number of hydrogen-bond acceptors (Lipinski definition) is 2. The highest BCUT2D eigenvalue weighted by atomic mass is 15.1. The summed E-state index contributed by atoms with van der Waals surface area (Å²) >= 11 is 0. The Morgan fingerprint density at radius 2 is 1.82 bits per heavy atom. The van der Waals surface area contributed by atoms with E-state index in [1.807, 2.05) is 0 Å². The first-order chi connectivity index (χ1) is 8.20. The van der Waals surface area contributed by atoms with Gasteiger partial charge in [0.15, 0.2) is 0 Å². The van der Waals surface area contributed by atoms with Crippen LogP contribution in [0.25, 0.3) is 0 Å². The van der Waals surface area contributed by atoms with E-state index in [4.69, 9.17) is 0 Å². The largest absolute Gasteiger partial charge is 0.315 e. The Bertz CT molecular complexity index is 223. The van der Waals surface area contributed by atoms with Crippen LogP contribution in [0.3, 0.4) is 0 Å². The molecule has 1 heterocycles. The molecule has 0 spiro atoms. The average Bonchev–Trinajstić information content (AvgIpc) is 3.12. The molecule has 2 nitrogen and oxygen atoms in total. The molecule has 1 aliphatic heterocycles. The maximum atomic E-state index is 3.52. The number of hydrogen-bond donors (Lipinski definition) is 1. The highest BCUT2D eigenvalue weighted by Gasteiger charge is 2.31. The molecule has 0 radical (unpaired) electrons. The third kappa shape index (κ3) is 3.96. The van der Waals surface area contributed by atoms with E-state index in [1.165, 1.54) is 51.7 Å². The predicted octanol–water partition coefficient (Wildman–Crippen LogP) is 2.74. The molecule has 0 aromatic heterocycles. The summed E-state index contributed by atoms with van der Waals surface area (Å²) in [7, 11) is 2.14. The first kappa shape index (κ1) is 13.4. The lowest BCUT2D eigenvalue weighted by Gasteiger charge is -2.26. The molecule has 1 saturated carbocycles. The zero-order valence-corrected chi connectivity index (χ0v) is 11.9. The van der Waals surface area contributed by atoms with Crippen LogP contribution in [0, 0.1) is 17.8 Å². The third-order valence-electron chi connectivity index (χ3n) is 4.82. The minimum Gasteiger partial charge on any atom is -0.315 e. The smallest absolute Gasteiger partial charge is 0.0220 e. The molecule has 1 N–H and O–H groups in total. The molecule has 2 fully saturated rings. The Balaban J connectivity index is 1.77. The summed E-state index contributed by atoms with van der Waals surface area (Å²) in [5, 5.41) is 3.52. The first-order valence-electron chi connectivity index (χ1n) is 7.60. The van der Waals surface area contributed by atoms with E-state index in [0.717, 1.165) is 23.8 Å². The van der Waals surface area contributed by atoms with Crippen LogP contribution in [0.4, 0.5) is 0 Å². The van der Waals surface area contributed by atoms with Crippen molar-refractivity contribution >= 4 is 0 Å². The summed E-state index contributed by atoms with van der Waals surface area (Å²) in [4.78, 5) is 2.71. The van der Waals surface area contributed by atoms with Crippen LogP contribution < -0.4 is 5.32 Å². The molecule has 0 bridgehead atoms. The van der Waals surface area contributed by atoms with Gasteiger partial charge in [-0.25, -0.2) is 0 Å². The molecule has 2 heteroatoms.